The van der Waals surface area contributed by atoms with Gasteiger partial charge in [0.2, 0.25) is 5.89 Å². The molecule has 19 heavy (non-hydrogen) atoms. The average molecular weight is 264 g/mol. The second-order valence-electron chi connectivity index (χ2n) is 6.02. The monoisotopic (exact) mass is 264 g/mol. The molecule has 2 fully saturated rings. The topological polar surface area (TPSA) is 54.2 Å². The molecule has 5 heteroatoms. The van der Waals surface area contributed by atoms with Crippen LogP contribution in [0.1, 0.15) is 63.2 Å². The summed E-state index contributed by atoms with van der Waals surface area (Å²) in [6.45, 7) is 7.65. The lowest BCUT2D eigenvalue weighted by Gasteiger charge is -2.34. The zero-order chi connectivity index (χ0) is 13.2. The van der Waals surface area contributed by atoms with Crippen LogP contribution in [0.15, 0.2) is 4.52 Å². The fourth-order valence-electron chi connectivity index (χ4n) is 3.25. The van der Waals surface area contributed by atoms with E-state index in [2.05, 4.69) is 34.2 Å². The van der Waals surface area contributed by atoms with Gasteiger partial charge in [-0.05, 0) is 45.3 Å². The Hall–Kier alpha value is -0.940. The van der Waals surface area contributed by atoms with Crippen LogP contribution in [0.5, 0.6) is 0 Å². The van der Waals surface area contributed by atoms with Crippen molar-refractivity contribution in [2.24, 2.45) is 0 Å². The largest absolute Gasteiger partial charge is 0.338 e. The van der Waals surface area contributed by atoms with E-state index in [1.165, 1.54) is 25.8 Å². The standard InChI is InChI=1S/C14H24N4O/c1-10(2)13-16-14(19-17-13)12-4-3-9-18(12)11-5-7-15-8-6-11/h10-12,15H,3-9H2,1-2H3. The van der Waals surface area contributed by atoms with Gasteiger partial charge >= 0.3 is 0 Å². The van der Waals surface area contributed by atoms with Gasteiger partial charge in [-0.3, -0.25) is 4.90 Å². The van der Waals surface area contributed by atoms with Gasteiger partial charge < -0.3 is 9.84 Å². The van der Waals surface area contributed by atoms with E-state index in [0.29, 0.717) is 18.0 Å². The lowest BCUT2D eigenvalue weighted by molar-refractivity contribution is 0.126. The zero-order valence-corrected chi connectivity index (χ0v) is 11.9. The molecule has 1 unspecified atom stereocenters. The Bertz CT molecular complexity index is 411. The van der Waals surface area contributed by atoms with Gasteiger partial charge in [-0.15, -0.1) is 0 Å². The zero-order valence-electron chi connectivity index (χ0n) is 11.9. The highest BCUT2D eigenvalue weighted by Crippen LogP contribution is 2.35. The van der Waals surface area contributed by atoms with Crippen LogP contribution in [-0.2, 0) is 0 Å². The molecule has 0 radical (unpaired) electrons. The van der Waals surface area contributed by atoms with E-state index in [4.69, 9.17) is 4.52 Å². The third kappa shape index (κ3) is 2.67. The number of aromatic nitrogens is 2. The molecule has 0 spiro atoms. The van der Waals surface area contributed by atoms with Gasteiger partial charge in [-0.1, -0.05) is 19.0 Å². The summed E-state index contributed by atoms with van der Waals surface area (Å²) in [5.41, 5.74) is 0. The van der Waals surface area contributed by atoms with Gasteiger partial charge in [0, 0.05) is 12.0 Å². The van der Waals surface area contributed by atoms with E-state index in [-0.39, 0.29) is 0 Å². The van der Waals surface area contributed by atoms with Crippen LogP contribution < -0.4 is 5.32 Å². The van der Waals surface area contributed by atoms with Gasteiger partial charge in [0.15, 0.2) is 5.82 Å². The Morgan fingerprint density at radius 3 is 2.74 bits per heavy atom. The van der Waals surface area contributed by atoms with E-state index in [1.54, 1.807) is 0 Å². The molecule has 1 aromatic rings. The summed E-state index contributed by atoms with van der Waals surface area (Å²) in [4.78, 5) is 7.20. The summed E-state index contributed by atoms with van der Waals surface area (Å²) < 4.78 is 5.51. The van der Waals surface area contributed by atoms with Gasteiger partial charge in [0.25, 0.3) is 0 Å². The highest BCUT2D eigenvalue weighted by molar-refractivity contribution is 5.00. The first-order valence-electron chi connectivity index (χ1n) is 7.55. The second kappa shape index (κ2) is 5.59. The van der Waals surface area contributed by atoms with Gasteiger partial charge in [0.1, 0.15) is 0 Å². The summed E-state index contributed by atoms with van der Waals surface area (Å²) in [5, 5.41) is 7.55. The Labute approximate surface area is 114 Å². The van der Waals surface area contributed by atoms with Crippen LogP contribution >= 0.6 is 0 Å². The van der Waals surface area contributed by atoms with Crippen molar-refractivity contribution in [1.82, 2.24) is 20.4 Å². The van der Waals surface area contributed by atoms with Crippen molar-refractivity contribution in [3.05, 3.63) is 11.7 Å². The third-order valence-electron chi connectivity index (χ3n) is 4.33. The molecule has 0 bridgehead atoms. The van der Waals surface area contributed by atoms with Crippen LogP contribution in [0.25, 0.3) is 0 Å². The van der Waals surface area contributed by atoms with Crippen molar-refractivity contribution in [2.45, 2.75) is 57.5 Å². The lowest BCUT2D eigenvalue weighted by atomic mass is 10.0. The molecule has 2 aliphatic heterocycles. The number of rotatable bonds is 3. The quantitative estimate of drug-likeness (QED) is 0.906. The predicted octanol–water partition coefficient (Wildman–Crippen LogP) is 2.08. The molecule has 1 atom stereocenters. The molecule has 3 heterocycles. The molecule has 1 aromatic heterocycles. The Balaban J connectivity index is 1.74. The molecule has 0 amide bonds. The lowest BCUT2D eigenvalue weighted by Crippen LogP contribution is -2.42. The van der Waals surface area contributed by atoms with Gasteiger partial charge in [0.05, 0.1) is 6.04 Å². The van der Waals surface area contributed by atoms with Crippen molar-refractivity contribution >= 4 is 0 Å². The summed E-state index contributed by atoms with van der Waals surface area (Å²) in [5.74, 6) is 2.01. The fraction of sp³-hybridized carbons (Fsp3) is 0.857. The molecular formula is C14H24N4O. The molecule has 5 nitrogen and oxygen atoms in total. The maximum absolute atomic E-state index is 5.51. The van der Waals surface area contributed by atoms with Crippen molar-refractivity contribution in [3.8, 4) is 0 Å². The minimum atomic E-state index is 0.339. The molecule has 2 saturated heterocycles. The molecule has 1 N–H and O–H groups in total. The number of hydrogen-bond acceptors (Lipinski definition) is 5. The van der Waals surface area contributed by atoms with E-state index < -0.39 is 0 Å². The molecule has 0 aromatic carbocycles. The molecule has 106 valence electrons. The first-order chi connectivity index (χ1) is 9.25. The summed E-state index contributed by atoms with van der Waals surface area (Å²) in [6, 6.07) is 1.03. The number of piperidine rings is 1. The molecule has 2 aliphatic rings. The SMILES string of the molecule is CC(C)c1noc(C2CCCN2C2CCNCC2)n1. The molecule has 3 rings (SSSR count). The van der Waals surface area contributed by atoms with Crippen molar-refractivity contribution in [3.63, 3.8) is 0 Å². The van der Waals surface area contributed by atoms with E-state index in [0.717, 1.165) is 31.2 Å². The minimum Gasteiger partial charge on any atom is -0.338 e. The van der Waals surface area contributed by atoms with Crippen molar-refractivity contribution in [2.75, 3.05) is 19.6 Å². The smallest absolute Gasteiger partial charge is 0.244 e. The Morgan fingerprint density at radius 1 is 1.26 bits per heavy atom. The van der Waals surface area contributed by atoms with E-state index >= 15 is 0 Å². The maximum atomic E-state index is 5.51. The molecular weight excluding hydrogens is 240 g/mol. The third-order valence-corrected chi connectivity index (χ3v) is 4.33. The van der Waals surface area contributed by atoms with Crippen LogP contribution in [0.4, 0.5) is 0 Å². The highest BCUT2D eigenvalue weighted by atomic mass is 16.5. The Kier molecular flexibility index (Phi) is 3.84. The van der Waals surface area contributed by atoms with Crippen LogP contribution in [-0.4, -0.2) is 40.7 Å². The van der Waals surface area contributed by atoms with Crippen LogP contribution in [0.3, 0.4) is 0 Å². The molecule has 0 saturated carbocycles. The number of hydrogen-bond donors (Lipinski definition) is 1. The summed E-state index contributed by atoms with van der Waals surface area (Å²) >= 11 is 0. The average Bonchev–Trinajstić information content (AvgIpc) is 3.08. The van der Waals surface area contributed by atoms with E-state index in [9.17, 15) is 0 Å². The Morgan fingerprint density at radius 2 is 2.05 bits per heavy atom. The summed E-state index contributed by atoms with van der Waals surface area (Å²) in [7, 11) is 0. The predicted molar refractivity (Wildman–Crippen MR) is 73.0 cm³/mol. The summed E-state index contributed by atoms with van der Waals surface area (Å²) in [6.07, 6.45) is 4.88. The van der Waals surface area contributed by atoms with E-state index in [1.807, 2.05) is 0 Å². The van der Waals surface area contributed by atoms with Crippen LogP contribution in [0, 0.1) is 0 Å². The van der Waals surface area contributed by atoms with Gasteiger partial charge in [-0.2, -0.15) is 4.98 Å². The normalized spacial score (nSPS) is 26.4. The van der Waals surface area contributed by atoms with Crippen LogP contribution in [0.2, 0.25) is 0 Å². The van der Waals surface area contributed by atoms with Gasteiger partial charge in [-0.25, -0.2) is 0 Å². The van der Waals surface area contributed by atoms with Crippen molar-refractivity contribution < 1.29 is 4.52 Å². The van der Waals surface area contributed by atoms with Crippen molar-refractivity contribution in [1.29, 1.82) is 0 Å². The number of nitrogens with zero attached hydrogens (tertiary/aromatic N) is 3. The second-order valence-corrected chi connectivity index (χ2v) is 6.02. The number of nitrogens with one attached hydrogen (secondary N) is 1. The first kappa shape index (κ1) is 13.1. The first-order valence-corrected chi connectivity index (χ1v) is 7.55. The number of likely N-dealkylation sites (tertiary alicyclic amines) is 1. The maximum Gasteiger partial charge on any atom is 0.244 e. The highest BCUT2D eigenvalue weighted by Gasteiger charge is 2.35. The fourth-order valence-corrected chi connectivity index (χ4v) is 3.25. The molecule has 0 aliphatic carbocycles. The minimum absolute atomic E-state index is 0.339.